The van der Waals surface area contributed by atoms with Crippen molar-refractivity contribution in [2.75, 3.05) is 19.6 Å². The van der Waals surface area contributed by atoms with Crippen LogP contribution in [0.15, 0.2) is 42.5 Å². The number of carbonyl (C=O) groups excluding carboxylic acids is 1. The maximum Gasteiger partial charge on any atom is 0.194 e. The zero-order valence-electron chi connectivity index (χ0n) is 20.8. The third-order valence-electron chi connectivity index (χ3n) is 7.09. The number of halogens is 1. The first-order valence-electron chi connectivity index (χ1n) is 13.1. The van der Waals surface area contributed by atoms with Crippen LogP contribution in [0.4, 0.5) is 0 Å². The van der Waals surface area contributed by atoms with Crippen molar-refractivity contribution in [2.24, 2.45) is 0 Å². The molecule has 1 saturated carbocycles. The second-order valence-corrected chi connectivity index (χ2v) is 11.0. The summed E-state index contributed by atoms with van der Waals surface area (Å²) in [6.07, 6.45) is 14.2. The molecule has 5 heteroatoms. The highest BCUT2D eigenvalue weighted by molar-refractivity contribution is 7.19. The monoisotopic (exact) mass is 512 g/mol. The van der Waals surface area contributed by atoms with Crippen LogP contribution in [0.2, 0.25) is 0 Å². The highest BCUT2D eigenvalue weighted by Gasteiger charge is 2.26. The number of ketones is 1. The number of carbonyl (C=O) groups is 1. The number of thiophene rings is 1. The number of ether oxygens (including phenoxy) is 2. The Kier molecular flexibility index (Phi) is 9.91. The summed E-state index contributed by atoms with van der Waals surface area (Å²) in [5, 5.41) is 1.05. The Morgan fingerprint density at radius 3 is 2.09 bits per heavy atom. The maximum absolute atomic E-state index is 14.0. The molecule has 0 N–H and O–H groups in total. The first-order valence-corrected chi connectivity index (χ1v) is 14.5. The average Bonchev–Trinajstić information content (AvgIpc) is 3.26. The average molecular weight is 513 g/mol. The van der Waals surface area contributed by atoms with Gasteiger partial charge in [0.1, 0.15) is 18.1 Å². The normalized spacial score (nSPS) is 16.4. The predicted molar refractivity (Wildman–Crippen MR) is 148 cm³/mol. The summed E-state index contributed by atoms with van der Waals surface area (Å²) in [5.41, 5.74) is 1.59. The van der Waals surface area contributed by atoms with Crippen LogP contribution in [-0.4, -0.2) is 25.4 Å². The molecular formula is C30H37ClO3S. The minimum atomic E-state index is 0.103. The van der Waals surface area contributed by atoms with Crippen LogP contribution in [0.3, 0.4) is 0 Å². The van der Waals surface area contributed by atoms with Gasteiger partial charge in [-0.05, 0) is 61.2 Å². The Morgan fingerprint density at radius 2 is 1.49 bits per heavy atom. The van der Waals surface area contributed by atoms with Crippen molar-refractivity contribution in [2.45, 2.75) is 76.5 Å². The van der Waals surface area contributed by atoms with Gasteiger partial charge in [0.25, 0.3) is 0 Å². The highest BCUT2D eigenvalue weighted by atomic mass is 35.5. The van der Waals surface area contributed by atoms with E-state index >= 15 is 0 Å². The standard InChI is InChI=1S/C30H37ClO3S/c1-33-25-17-18-26-27(21-25)35-30(23-11-9-7-5-3-2-4-6-8-10-12-23)28(26)29(32)22-13-15-24(16-14-22)34-20-19-31/h13-18,21,23H,2-12,19-20H2,1H3. The van der Waals surface area contributed by atoms with E-state index in [9.17, 15) is 4.79 Å². The molecule has 0 saturated heterocycles. The van der Waals surface area contributed by atoms with Crippen LogP contribution in [0.1, 0.15) is 97.3 Å². The van der Waals surface area contributed by atoms with E-state index < -0.39 is 0 Å². The Bertz CT molecular complexity index is 1080. The Hall–Kier alpha value is -2.04. The fourth-order valence-electron chi connectivity index (χ4n) is 5.17. The largest absolute Gasteiger partial charge is 0.497 e. The molecule has 0 radical (unpaired) electrons. The molecule has 1 aliphatic rings. The lowest BCUT2D eigenvalue weighted by Crippen LogP contribution is -2.08. The molecule has 1 heterocycles. The number of hydrogen-bond donors (Lipinski definition) is 0. The van der Waals surface area contributed by atoms with Gasteiger partial charge in [0.15, 0.2) is 5.78 Å². The number of rotatable bonds is 7. The molecule has 1 fully saturated rings. The lowest BCUT2D eigenvalue weighted by Gasteiger charge is -2.18. The quantitative estimate of drug-likeness (QED) is 0.234. The molecule has 0 atom stereocenters. The van der Waals surface area contributed by atoms with Gasteiger partial charge >= 0.3 is 0 Å². The minimum Gasteiger partial charge on any atom is -0.497 e. The molecule has 1 aromatic heterocycles. The fourth-order valence-corrected chi connectivity index (χ4v) is 6.65. The van der Waals surface area contributed by atoms with Crippen molar-refractivity contribution in [3.8, 4) is 11.5 Å². The molecule has 3 aromatic rings. The van der Waals surface area contributed by atoms with Crippen molar-refractivity contribution in [3.63, 3.8) is 0 Å². The number of benzene rings is 2. The van der Waals surface area contributed by atoms with E-state index in [2.05, 4.69) is 12.1 Å². The third kappa shape index (κ3) is 6.80. The van der Waals surface area contributed by atoms with Crippen LogP contribution in [-0.2, 0) is 0 Å². The molecule has 0 spiro atoms. The molecule has 0 bridgehead atoms. The number of alkyl halides is 1. The molecule has 3 nitrogen and oxygen atoms in total. The van der Waals surface area contributed by atoms with Crippen molar-refractivity contribution in [3.05, 3.63) is 58.5 Å². The van der Waals surface area contributed by atoms with Gasteiger partial charge in [-0.25, -0.2) is 0 Å². The first kappa shape index (κ1) is 26.0. The molecule has 4 rings (SSSR count). The molecular weight excluding hydrogens is 476 g/mol. The maximum atomic E-state index is 14.0. The van der Waals surface area contributed by atoms with Gasteiger partial charge in [-0.15, -0.1) is 22.9 Å². The van der Waals surface area contributed by atoms with E-state index in [1.165, 1.54) is 62.7 Å². The van der Waals surface area contributed by atoms with E-state index in [0.29, 0.717) is 24.0 Å². The summed E-state index contributed by atoms with van der Waals surface area (Å²) in [7, 11) is 1.70. The summed E-state index contributed by atoms with van der Waals surface area (Å²) in [6, 6.07) is 13.6. The second-order valence-electron chi connectivity index (χ2n) is 9.55. The van der Waals surface area contributed by atoms with Gasteiger partial charge < -0.3 is 9.47 Å². The topological polar surface area (TPSA) is 35.5 Å². The van der Waals surface area contributed by atoms with Gasteiger partial charge in [-0.2, -0.15) is 0 Å². The van der Waals surface area contributed by atoms with Crippen LogP contribution in [0.25, 0.3) is 10.1 Å². The molecule has 35 heavy (non-hydrogen) atoms. The van der Waals surface area contributed by atoms with E-state index in [4.69, 9.17) is 21.1 Å². The van der Waals surface area contributed by atoms with E-state index in [1.54, 1.807) is 18.4 Å². The number of fused-ring (bicyclic) bond motifs is 1. The van der Waals surface area contributed by atoms with Gasteiger partial charge in [0.2, 0.25) is 0 Å². The van der Waals surface area contributed by atoms with Crippen LogP contribution >= 0.6 is 22.9 Å². The highest BCUT2D eigenvalue weighted by Crippen LogP contribution is 2.43. The van der Waals surface area contributed by atoms with Crippen LogP contribution in [0, 0.1) is 0 Å². The van der Waals surface area contributed by atoms with Crippen molar-refractivity contribution < 1.29 is 14.3 Å². The first-order chi connectivity index (χ1) is 17.2. The van der Waals surface area contributed by atoms with Crippen molar-refractivity contribution in [1.29, 1.82) is 0 Å². The zero-order chi connectivity index (χ0) is 24.5. The molecule has 2 aromatic carbocycles. The predicted octanol–water partition coefficient (Wildman–Crippen LogP) is 9.15. The van der Waals surface area contributed by atoms with Crippen molar-refractivity contribution >= 4 is 38.8 Å². The van der Waals surface area contributed by atoms with Gasteiger partial charge in [-0.3, -0.25) is 4.79 Å². The lowest BCUT2D eigenvalue weighted by molar-refractivity contribution is 0.103. The van der Waals surface area contributed by atoms with E-state index in [0.717, 1.165) is 40.0 Å². The fraction of sp³-hybridized carbons (Fsp3) is 0.500. The van der Waals surface area contributed by atoms with Crippen molar-refractivity contribution in [1.82, 2.24) is 0 Å². The van der Waals surface area contributed by atoms with E-state index in [-0.39, 0.29) is 5.78 Å². The molecule has 1 aliphatic carbocycles. The van der Waals surface area contributed by atoms with Gasteiger partial charge in [-0.1, -0.05) is 57.8 Å². The Morgan fingerprint density at radius 1 is 0.886 bits per heavy atom. The minimum absolute atomic E-state index is 0.103. The van der Waals surface area contributed by atoms with Crippen LogP contribution < -0.4 is 9.47 Å². The smallest absolute Gasteiger partial charge is 0.194 e. The molecule has 0 amide bonds. The summed E-state index contributed by atoms with van der Waals surface area (Å²) >= 11 is 7.53. The molecule has 188 valence electrons. The zero-order valence-corrected chi connectivity index (χ0v) is 22.4. The molecule has 0 unspecified atom stereocenters. The number of methoxy groups -OCH3 is 1. The summed E-state index contributed by atoms with van der Waals surface area (Å²) < 4.78 is 12.2. The van der Waals surface area contributed by atoms with Crippen LogP contribution in [0.5, 0.6) is 11.5 Å². The number of hydrogen-bond acceptors (Lipinski definition) is 4. The lowest BCUT2D eigenvalue weighted by atomic mass is 9.88. The third-order valence-corrected chi connectivity index (χ3v) is 8.56. The van der Waals surface area contributed by atoms with E-state index in [1.807, 2.05) is 30.3 Å². The Balaban J connectivity index is 1.69. The van der Waals surface area contributed by atoms with Gasteiger partial charge in [0.05, 0.1) is 13.0 Å². The summed E-state index contributed by atoms with van der Waals surface area (Å²) in [5.74, 6) is 2.55. The molecule has 0 aliphatic heterocycles. The SMILES string of the molecule is COc1ccc2c(C(=O)c3ccc(OCCCl)cc3)c(C3CCCCCCCCCCC3)sc2c1. The van der Waals surface area contributed by atoms with Gasteiger partial charge in [0, 0.05) is 26.1 Å². The summed E-state index contributed by atoms with van der Waals surface area (Å²) in [6.45, 7) is 0.456. The summed E-state index contributed by atoms with van der Waals surface area (Å²) in [4.78, 5) is 15.2. The second kappa shape index (κ2) is 13.3. The Labute approximate surface area is 218 Å².